The third-order valence-electron chi connectivity index (χ3n) is 4.29. The predicted molar refractivity (Wildman–Crippen MR) is 89.8 cm³/mol. The first-order valence-corrected chi connectivity index (χ1v) is 8.26. The Bertz CT molecular complexity index is 714. The molecule has 2 amide bonds. The summed E-state index contributed by atoms with van der Waals surface area (Å²) in [5.41, 5.74) is 2.52. The zero-order valence-electron chi connectivity index (χ0n) is 13.3. The molecule has 1 atom stereocenters. The lowest BCUT2D eigenvalue weighted by Crippen LogP contribution is -2.34. The van der Waals surface area contributed by atoms with Crippen molar-refractivity contribution in [1.29, 1.82) is 0 Å². The molecule has 122 valence electrons. The molecule has 23 heavy (non-hydrogen) atoms. The second kappa shape index (κ2) is 6.62. The molecule has 0 aliphatic carbocycles. The van der Waals surface area contributed by atoms with Gasteiger partial charge in [0.05, 0.1) is 11.7 Å². The maximum Gasteiger partial charge on any atom is 0.322 e. The Morgan fingerprint density at radius 2 is 2.35 bits per heavy atom. The third kappa shape index (κ3) is 3.20. The van der Waals surface area contributed by atoms with Gasteiger partial charge in [0, 0.05) is 23.3 Å². The maximum absolute atomic E-state index is 12.6. The first-order chi connectivity index (χ1) is 11.1. The largest absolute Gasteiger partial charge is 0.359 e. The van der Waals surface area contributed by atoms with Gasteiger partial charge in [-0.1, -0.05) is 29.7 Å². The highest BCUT2D eigenvalue weighted by Gasteiger charge is 2.33. The topological polar surface area (TPSA) is 58.4 Å². The fourth-order valence-corrected chi connectivity index (χ4v) is 3.06. The standard InChI is InChI=1S/C17H20ClN3O2/c1-3-12-10-16(23-20-12)15-8-5-9-21(15)17(22)19-14-7-4-6-13(18)11(14)2/h4,6-7,10,15H,3,5,8-9H2,1-2H3,(H,19,22)/t15-/m0/s1. The molecule has 0 unspecified atom stereocenters. The Kier molecular flexibility index (Phi) is 4.57. The van der Waals surface area contributed by atoms with Crippen molar-refractivity contribution in [3.8, 4) is 0 Å². The summed E-state index contributed by atoms with van der Waals surface area (Å²) in [6, 6.07) is 7.26. The summed E-state index contributed by atoms with van der Waals surface area (Å²) in [6.07, 6.45) is 2.67. The van der Waals surface area contributed by atoms with Gasteiger partial charge in [0.25, 0.3) is 0 Å². The Balaban J connectivity index is 1.76. The van der Waals surface area contributed by atoms with Crippen molar-refractivity contribution in [3.05, 3.63) is 46.3 Å². The van der Waals surface area contributed by atoms with Gasteiger partial charge in [-0.15, -0.1) is 0 Å². The van der Waals surface area contributed by atoms with Gasteiger partial charge in [0.15, 0.2) is 5.76 Å². The van der Waals surface area contributed by atoms with Crippen molar-refractivity contribution < 1.29 is 9.32 Å². The monoisotopic (exact) mass is 333 g/mol. The van der Waals surface area contributed by atoms with Crippen LogP contribution in [0.4, 0.5) is 10.5 Å². The second-order valence-corrected chi connectivity index (χ2v) is 6.18. The highest BCUT2D eigenvalue weighted by molar-refractivity contribution is 6.31. The molecule has 1 aliphatic rings. The van der Waals surface area contributed by atoms with E-state index in [-0.39, 0.29) is 12.1 Å². The van der Waals surface area contributed by atoms with Crippen molar-refractivity contribution in [2.75, 3.05) is 11.9 Å². The summed E-state index contributed by atoms with van der Waals surface area (Å²) >= 11 is 6.11. The molecule has 1 aromatic heterocycles. The van der Waals surface area contributed by atoms with E-state index in [9.17, 15) is 4.79 Å². The van der Waals surface area contributed by atoms with E-state index in [1.54, 1.807) is 4.90 Å². The molecule has 0 spiro atoms. The van der Waals surface area contributed by atoms with Crippen molar-refractivity contribution in [2.45, 2.75) is 39.2 Å². The van der Waals surface area contributed by atoms with Gasteiger partial charge in [-0.3, -0.25) is 0 Å². The average molecular weight is 334 g/mol. The smallest absolute Gasteiger partial charge is 0.322 e. The molecule has 1 fully saturated rings. The number of hydrogen-bond donors (Lipinski definition) is 1. The number of carbonyl (C=O) groups is 1. The van der Waals surface area contributed by atoms with Crippen LogP contribution in [-0.2, 0) is 6.42 Å². The highest BCUT2D eigenvalue weighted by Crippen LogP contribution is 2.33. The molecule has 0 bridgehead atoms. The molecule has 0 radical (unpaired) electrons. The van der Waals surface area contributed by atoms with Crippen LogP contribution in [0.2, 0.25) is 5.02 Å². The highest BCUT2D eigenvalue weighted by atomic mass is 35.5. The molecule has 5 nitrogen and oxygen atoms in total. The van der Waals surface area contributed by atoms with E-state index in [2.05, 4.69) is 10.5 Å². The summed E-state index contributed by atoms with van der Waals surface area (Å²) in [5.74, 6) is 0.761. The minimum atomic E-state index is -0.132. The molecule has 1 saturated heterocycles. The number of hydrogen-bond acceptors (Lipinski definition) is 3. The normalized spacial score (nSPS) is 17.5. The fourth-order valence-electron chi connectivity index (χ4n) is 2.89. The van der Waals surface area contributed by atoms with Crippen LogP contribution < -0.4 is 5.32 Å². The van der Waals surface area contributed by atoms with Crippen LogP contribution >= 0.6 is 11.6 Å². The molecule has 1 aliphatic heterocycles. The Morgan fingerprint density at radius 3 is 3.09 bits per heavy atom. The van der Waals surface area contributed by atoms with Crippen LogP contribution in [0.1, 0.15) is 42.8 Å². The number of aromatic nitrogens is 1. The molecule has 1 N–H and O–H groups in total. The average Bonchev–Trinajstić information content (AvgIpc) is 3.19. The Labute approximate surface area is 140 Å². The maximum atomic E-state index is 12.6. The van der Waals surface area contributed by atoms with E-state index in [4.69, 9.17) is 16.1 Å². The number of aryl methyl sites for hydroxylation is 1. The summed E-state index contributed by atoms with van der Waals surface area (Å²) in [6.45, 7) is 4.63. The number of likely N-dealkylation sites (tertiary alicyclic amines) is 1. The molecule has 3 rings (SSSR count). The first-order valence-electron chi connectivity index (χ1n) is 7.88. The number of benzene rings is 1. The SMILES string of the molecule is CCc1cc([C@@H]2CCCN2C(=O)Nc2cccc(Cl)c2C)on1. The van der Waals surface area contributed by atoms with Crippen LogP contribution in [0.15, 0.2) is 28.8 Å². The van der Waals surface area contributed by atoms with Crippen molar-refractivity contribution >= 4 is 23.3 Å². The molecule has 6 heteroatoms. The molecular formula is C17H20ClN3O2. The van der Waals surface area contributed by atoms with Gasteiger partial charge in [-0.25, -0.2) is 4.79 Å². The number of urea groups is 1. The summed E-state index contributed by atoms with van der Waals surface area (Å²) in [7, 11) is 0. The molecule has 2 aromatic rings. The minimum Gasteiger partial charge on any atom is -0.359 e. The first kappa shape index (κ1) is 15.9. The van der Waals surface area contributed by atoms with E-state index in [1.165, 1.54) is 0 Å². The Hall–Kier alpha value is -2.01. The molecular weight excluding hydrogens is 314 g/mol. The van der Waals surface area contributed by atoms with E-state index >= 15 is 0 Å². The van der Waals surface area contributed by atoms with E-state index in [0.717, 1.165) is 42.0 Å². The van der Waals surface area contributed by atoms with Gasteiger partial charge >= 0.3 is 6.03 Å². The van der Waals surface area contributed by atoms with Gasteiger partial charge < -0.3 is 14.7 Å². The number of rotatable bonds is 3. The van der Waals surface area contributed by atoms with Gasteiger partial charge in [0.1, 0.15) is 0 Å². The Morgan fingerprint density at radius 1 is 1.52 bits per heavy atom. The van der Waals surface area contributed by atoms with Crippen molar-refractivity contribution in [3.63, 3.8) is 0 Å². The van der Waals surface area contributed by atoms with Crippen LogP contribution in [0.5, 0.6) is 0 Å². The van der Waals surface area contributed by atoms with Crippen molar-refractivity contribution in [2.24, 2.45) is 0 Å². The van der Waals surface area contributed by atoms with E-state index < -0.39 is 0 Å². The number of anilines is 1. The number of amides is 2. The predicted octanol–water partition coefficient (Wildman–Crippen LogP) is 4.57. The van der Waals surface area contributed by atoms with Gasteiger partial charge in [0.2, 0.25) is 0 Å². The molecule has 2 heterocycles. The lowest BCUT2D eigenvalue weighted by Gasteiger charge is -2.23. The van der Waals surface area contributed by atoms with E-state index in [1.807, 2.05) is 38.1 Å². The summed E-state index contributed by atoms with van der Waals surface area (Å²) in [5, 5.41) is 7.63. The number of nitrogens with one attached hydrogen (secondary N) is 1. The van der Waals surface area contributed by atoms with Crippen LogP contribution in [0.25, 0.3) is 0 Å². The van der Waals surface area contributed by atoms with Crippen LogP contribution in [0.3, 0.4) is 0 Å². The third-order valence-corrected chi connectivity index (χ3v) is 4.70. The van der Waals surface area contributed by atoms with Gasteiger partial charge in [-0.05, 0) is 43.9 Å². The molecule has 1 aromatic carbocycles. The molecule has 0 saturated carbocycles. The number of carbonyl (C=O) groups excluding carboxylic acids is 1. The fraction of sp³-hybridized carbons (Fsp3) is 0.412. The minimum absolute atomic E-state index is 0.0534. The second-order valence-electron chi connectivity index (χ2n) is 5.77. The lowest BCUT2D eigenvalue weighted by molar-refractivity contribution is 0.195. The zero-order chi connectivity index (χ0) is 16.4. The summed E-state index contributed by atoms with van der Waals surface area (Å²) < 4.78 is 5.42. The van der Waals surface area contributed by atoms with Gasteiger partial charge in [-0.2, -0.15) is 0 Å². The number of nitrogens with zero attached hydrogens (tertiary/aromatic N) is 2. The summed E-state index contributed by atoms with van der Waals surface area (Å²) in [4.78, 5) is 14.5. The van der Waals surface area contributed by atoms with Crippen LogP contribution in [0, 0.1) is 6.92 Å². The number of halogens is 1. The zero-order valence-corrected chi connectivity index (χ0v) is 14.1. The van der Waals surface area contributed by atoms with E-state index in [0.29, 0.717) is 11.6 Å². The van der Waals surface area contributed by atoms with Crippen LogP contribution in [-0.4, -0.2) is 22.6 Å². The van der Waals surface area contributed by atoms with Crippen molar-refractivity contribution in [1.82, 2.24) is 10.1 Å². The quantitative estimate of drug-likeness (QED) is 0.895. The lowest BCUT2D eigenvalue weighted by atomic mass is 10.1.